The van der Waals surface area contributed by atoms with E-state index in [1.807, 2.05) is 13.8 Å². The third-order valence-electron chi connectivity index (χ3n) is 4.01. The van der Waals surface area contributed by atoms with Crippen LogP contribution in [0.25, 0.3) is 0 Å². The molecule has 0 spiro atoms. The number of halogens is 3. The summed E-state index contributed by atoms with van der Waals surface area (Å²) in [5.41, 5.74) is 5.56. The van der Waals surface area contributed by atoms with Gasteiger partial charge in [-0.25, -0.2) is 0 Å². The zero-order chi connectivity index (χ0) is 16.0. The molecule has 0 saturated heterocycles. The van der Waals surface area contributed by atoms with Crippen molar-refractivity contribution in [2.45, 2.75) is 32.8 Å². The number of nitrogens with one attached hydrogen (secondary N) is 1. The molecule has 1 atom stereocenters. The largest absolute Gasteiger partial charge is 0.386 e. The Balaban J connectivity index is 0.00000441. The van der Waals surface area contributed by atoms with Crippen molar-refractivity contribution in [1.29, 1.82) is 0 Å². The molecular weight excluding hydrogens is 347 g/mol. The van der Waals surface area contributed by atoms with Crippen molar-refractivity contribution in [2.24, 2.45) is 11.1 Å². The number of benzene rings is 1. The van der Waals surface area contributed by atoms with Crippen LogP contribution in [0.1, 0.15) is 38.4 Å². The fourth-order valence-electron chi connectivity index (χ4n) is 2.26. The fourth-order valence-corrected chi connectivity index (χ4v) is 2.91. The maximum Gasteiger partial charge on any atom is 0.227 e. The predicted molar refractivity (Wildman–Crippen MR) is 93.7 cm³/mol. The summed E-state index contributed by atoms with van der Waals surface area (Å²) in [4.78, 5) is 12.3. The van der Waals surface area contributed by atoms with Gasteiger partial charge in [-0.15, -0.1) is 12.4 Å². The van der Waals surface area contributed by atoms with Crippen molar-refractivity contribution < 1.29 is 9.90 Å². The molecule has 0 heterocycles. The minimum Gasteiger partial charge on any atom is -0.386 e. The van der Waals surface area contributed by atoms with Crippen molar-refractivity contribution in [3.05, 3.63) is 33.8 Å². The molecule has 0 aliphatic rings. The Labute approximate surface area is 147 Å². The number of amides is 1. The predicted octanol–water partition coefficient (Wildman–Crippen LogP) is 3.33. The van der Waals surface area contributed by atoms with Crippen LogP contribution < -0.4 is 11.1 Å². The lowest BCUT2D eigenvalue weighted by atomic mass is 9.81. The first-order valence-electron chi connectivity index (χ1n) is 7.02. The van der Waals surface area contributed by atoms with Gasteiger partial charge in [-0.05, 0) is 25.0 Å². The maximum absolute atomic E-state index is 12.3. The molecule has 22 heavy (non-hydrogen) atoms. The van der Waals surface area contributed by atoms with Gasteiger partial charge < -0.3 is 16.2 Å². The molecule has 1 rings (SSSR count). The normalized spacial score (nSPS) is 12.5. The molecule has 0 fully saturated rings. The zero-order valence-electron chi connectivity index (χ0n) is 12.7. The zero-order valence-corrected chi connectivity index (χ0v) is 15.1. The molecular formula is C15H23Cl3N2O2. The molecule has 0 aromatic heterocycles. The summed E-state index contributed by atoms with van der Waals surface area (Å²) in [5, 5.41) is 13.7. The highest BCUT2D eigenvalue weighted by Gasteiger charge is 2.33. The van der Waals surface area contributed by atoms with Gasteiger partial charge in [0.1, 0.15) is 0 Å². The second-order valence-corrected chi connectivity index (χ2v) is 5.87. The Morgan fingerprint density at radius 3 is 2.23 bits per heavy atom. The Bertz CT molecular complexity index is 465. The number of aliphatic hydroxyl groups excluding tert-OH is 1. The molecule has 0 aliphatic heterocycles. The van der Waals surface area contributed by atoms with E-state index < -0.39 is 11.5 Å². The average Bonchev–Trinajstić information content (AvgIpc) is 2.47. The van der Waals surface area contributed by atoms with Gasteiger partial charge in [-0.1, -0.05) is 43.1 Å². The van der Waals surface area contributed by atoms with Gasteiger partial charge in [0.2, 0.25) is 5.91 Å². The molecule has 1 amide bonds. The first-order chi connectivity index (χ1) is 9.91. The van der Waals surface area contributed by atoms with Crippen LogP contribution in [0.2, 0.25) is 10.0 Å². The highest BCUT2D eigenvalue weighted by molar-refractivity contribution is 6.36. The molecule has 0 saturated carbocycles. The number of aliphatic hydroxyl groups is 1. The topological polar surface area (TPSA) is 75.4 Å². The molecule has 0 bridgehead atoms. The third kappa shape index (κ3) is 4.74. The van der Waals surface area contributed by atoms with Crippen molar-refractivity contribution >= 4 is 41.5 Å². The summed E-state index contributed by atoms with van der Waals surface area (Å²) in [7, 11) is 0. The van der Waals surface area contributed by atoms with Gasteiger partial charge in [0.15, 0.2) is 0 Å². The van der Waals surface area contributed by atoms with E-state index in [4.69, 9.17) is 28.9 Å². The van der Waals surface area contributed by atoms with Gasteiger partial charge in [0, 0.05) is 28.7 Å². The summed E-state index contributed by atoms with van der Waals surface area (Å²) < 4.78 is 0. The molecule has 126 valence electrons. The number of hydrogen-bond donors (Lipinski definition) is 3. The molecule has 0 aliphatic carbocycles. The quantitative estimate of drug-likeness (QED) is 0.690. The smallest absolute Gasteiger partial charge is 0.227 e. The van der Waals surface area contributed by atoms with Gasteiger partial charge >= 0.3 is 0 Å². The third-order valence-corrected chi connectivity index (χ3v) is 4.67. The van der Waals surface area contributed by atoms with Crippen LogP contribution in [0, 0.1) is 5.41 Å². The van der Waals surface area contributed by atoms with Crippen molar-refractivity contribution in [2.75, 3.05) is 13.1 Å². The van der Waals surface area contributed by atoms with Crippen LogP contribution in [-0.2, 0) is 4.79 Å². The van der Waals surface area contributed by atoms with Gasteiger partial charge in [-0.2, -0.15) is 0 Å². The summed E-state index contributed by atoms with van der Waals surface area (Å²) in [6.07, 6.45) is 0.336. The molecule has 4 N–H and O–H groups in total. The van der Waals surface area contributed by atoms with Crippen molar-refractivity contribution in [1.82, 2.24) is 5.32 Å². The number of carbonyl (C=O) groups excluding carboxylic acids is 1. The molecule has 4 nitrogen and oxygen atoms in total. The number of hydrogen-bond acceptors (Lipinski definition) is 3. The van der Waals surface area contributed by atoms with E-state index in [1.54, 1.807) is 18.2 Å². The van der Waals surface area contributed by atoms with Crippen LogP contribution in [0.15, 0.2) is 18.2 Å². The molecule has 1 aromatic carbocycles. The van der Waals surface area contributed by atoms with E-state index in [-0.39, 0.29) is 31.4 Å². The van der Waals surface area contributed by atoms with Crippen LogP contribution in [0.4, 0.5) is 0 Å². The van der Waals surface area contributed by atoms with E-state index in [0.29, 0.717) is 28.5 Å². The van der Waals surface area contributed by atoms with Crippen LogP contribution >= 0.6 is 35.6 Å². The minimum absolute atomic E-state index is 0. The summed E-state index contributed by atoms with van der Waals surface area (Å²) in [5.74, 6) is -0.155. The highest BCUT2D eigenvalue weighted by atomic mass is 35.5. The first kappa shape index (κ1) is 21.5. The Morgan fingerprint density at radius 1 is 1.32 bits per heavy atom. The van der Waals surface area contributed by atoms with E-state index in [9.17, 15) is 9.90 Å². The average molecular weight is 370 g/mol. The first-order valence-corrected chi connectivity index (χ1v) is 7.77. The van der Waals surface area contributed by atoms with E-state index >= 15 is 0 Å². The number of nitrogens with two attached hydrogens (primary N) is 1. The summed E-state index contributed by atoms with van der Waals surface area (Å²) in [6.45, 7) is 4.17. The molecule has 7 heteroatoms. The van der Waals surface area contributed by atoms with Gasteiger partial charge in [0.25, 0.3) is 0 Å². The molecule has 0 radical (unpaired) electrons. The van der Waals surface area contributed by atoms with Gasteiger partial charge in [-0.3, -0.25) is 4.79 Å². The second kappa shape index (κ2) is 9.58. The molecule has 1 unspecified atom stereocenters. The lowest BCUT2D eigenvalue weighted by Crippen LogP contribution is -2.46. The minimum atomic E-state index is -0.959. The Hall–Kier alpha value is -0.520. The maximum atomic E-state index is 12.3. The highest BCUT2D eigenvalue weighted by Crippen LogP contribution is 2.30. The summed E-state index contributed by atoms with van der Waals surface area (Å²) in [6, 6.07) is 5.00. The Kier molecular flexibility index (Phi) is 9.35. The standard InChI is InChI=1S/C15H22Cl2N2O2.ClH/c1-3-15(4-2,9-18)14(21)19-8-12(20)13-10(16)6-5-7-11(13)17;/h5-7,12,20H,3-4,8-9,18H2,1-2H3,(H,19,21);1H. The second-order valence-electron chi connectivity index (χ2n) is 5.05. The molecule has 1 aromatic rings. The SMILES string of the molecule is CCC(CC)(CN)C(=O)NCC(O)c1c(Cl)cccc1Cl.Cl. The Morgan fingerprint density at radius 2 is 1.82 bits per heavy atom. The van der Waals surface area contributed by atoms with Crippen molar-refractivity contribution in [3.8, 4) is 0 Å². The monoisotopic (exact) mass is 368 g/mol. The summed E-state index contributed by atoms with van der Waals surface area (Å²) >= 11 is 12.1. The van der Waals surface area contributed by atoms with Crippen LogP contribution in [0.3, 0.4) is 0 Å². The van der Waals surface area contributed by atoms with Crippen LogP contribution in [0.5, 0.6) is 0 Å². The van der Waals surface area contributed by atoms with Crippen LogP contribution in [-0.4, -0.2) is 24.1 Å². The number of carbonyl (C=O) groups is 1. The van der Waals surface area contributed by atoms with E-state index in [1.165, 1.54) is 0 Å². The van der Waals surface area contributed by atoms with Crippen molar-refractivity contribution in [3.63, 3.8) is 0 Å². The van der Waals surface area contributed by atoms with E-state index in [2.05, 4.69) is 5.32 Å². The van der Waals surface area contributed by atoms with E-state index in [0.717, 1.165) is 0 Å². The lowest BCUT2D eigenvalue weighted by molar-refractivity contribution is -0.131. The lowest BCUT2D eigenvalue weighted by Gasteiger charge is -2.29. The fraction of sp³-hybridized carbons (Fsp3) is 0.533. The van der Waals surface area contributed by atoms with Gasteiger partial charge in [0.05, 0.1) is 11.5 Å². The number of rotatable bonds is 7.